The van der Waals surface area contributed by atoms with Crippen LogP contribution in [0.2, 0.25) is 10.2 Å². The first-order valence-corrected chi connectivity index (χ1v) is 4.13. The van der Waals surface area contributed by atoms with E-state index in [1.54, 1.807) is 6.07 Å². The van der Waals surface area contributed by atoms with Gasteiger partial charge in [-0.3, -0.25) is 0 Å². The van der Waals surface area contributed by atoms with E-state index in [4.69, 9.17) is 33.7 Å². The molecule has 5 heteroatoms. The molecule has 0 saturated carbocycles. The Morgan fingerprint density at radius 3 is 2.83 bits per heavy atom. The summed E-state index contributed by atoms with van der Waals surface area (Å²) >= 11 is 11.3. The zero-order chi connectivity index (χ0) is 8.97. The molecule has 0 aliphatic carbocycles. The first-order chi connectivity index (χ1) is 5.74. The summed E-state index contributed by atoms with van der Waals surface area (Å²) < 4.78 is 5.16. The summed E-state index contributed by atoms with van der Waals surface area (Å²) in [5.74, 6) is 0.579. The van der Waals surface area contributed by atoms with Crippen LogP contribution in [0.1, 0.15) is 0 Å². The van der Waals surface area contributed by atoms with Crippen molar-refractivity contribution >= 4 is 23.2 Å². The summed E-state index contributed by atoms with van der Waals surface area (Å²) in [6.07, 6.45) is 1.50. The Morgan fingerprint density at radius 1 is 1.50 bits per heavy atom. The lowest BCUT2D eigenvalue weighted by atomic mass is 10.4. The number of nitrogens with two attached hydrogens (primary N) is 1. The van der Waals surface area contributed by atoms with Crippen LogP contribution >= 0.6 is 23.2 Å². The molecule has 0 aromatic carbocycles. The molecule has 0 saturated heterocycles. The highest BCUT2D eigenvalue weighted by atomic mass is 35.5. The molecular weight excluding hydrogens is 199 g/mol. The molecule has 0 amide bonds. The standard InChI is InChI=1S/C7H8Cl2N2O/c8-6-3-5(12-2-1-10)4-11-7(6)9/h3-4H,1-2,10H2. The average molecular weight is 207 g/mol. The molecule has 0 atom stereocenters. The van der Waals surface area contributed by atoms with Crippen molar-refractivity contribution in [2.45, 2.75) is 0 Å². The van der Waals surface area contributed by atoms with Crippen LogP contribution in [0, 0.1) is 0 Å². The number of halogens is 2. The Bertz CT molecular complexity index is 268. The van der Waals surface area contributed by atoms with Gasteiger partial charge in [-0.25, -0.2) is 4.98 Å². The molecule has 0 aliphatic heterocycles. The lowest BCUT2D eigenvalue weighted by Gasteiger charge is -2.03. The van der Waals surface area contributed by atoms with Gasteiger partial charge in [0.15, 0.2) is 0 Å². The summed E-state index contributed by atoms with van der Waals surface area (Å²) in [6, 6.07) is 1.60. The molecule has 0 unspecified atom stereocenters. The van der Waals surface area contributed by atoms with E-state index in [-0.39, 0.29) is 5.15 Å². The molecule has 0 fully saturated rings. The van der Waals surface area contributed by atoms with Gasteiger partial charge in [0.25, 0.3) is 0 Å². The Morgan fingerprint density at radius 2 is 2.25 bits per heavy atom. The van der Waals surface area contributed by atoms with Gasteiger partial charge in [0.1, 0.15) is 17.5 Å². The quantitative estimate of drug-likeness (QED) is 0.767. The normalized spacial score (nSPS) is 9.92. The lowest BCUT2D eigenvalue weighted by molar-refractivity contribution is 0.327. The SMILES string of the molecule is NCCOc1cnc(Cl)c(Cl)c1. The fourth-order valence-electron chi connectivity index (χ4n) is 0.659. The minimum absolute atomic E-state index is 0.275. The van der Waals surface area contributed by atoms with Crippen molar-refractivity contribution in [3.8, 4) is 5.75 Å². The monoisotopic (exact) mass is 206 g/mol. The Hall–Kier alpha value is -0.510. The average Bonchev–Trinajstić information content (AvgIpc) is 2.07. The maximum atomic E-state index is 5.69. The molecular formula is C7H8Cl2N2O. The van der Waals surface area contributed by atoms with Crippen molar-refractivity contribution in [1.82, 2.24) is 4.98 Å². The molecule has 0 aliphatic rings. The van der Waals surface area contributed by atoms with Crippen molar-refractivity contribution < 1.29 is 4.74 Å². The van der Waals surface area contributed by atoms with E-state index in [9.17, 15) is 0 Å². The second-order valence-corrected chi connectivity index (χ2v) is 2.85. The summed E-state index contributed by atoms with van der Waals surface area (Å²) in [4.78, 5) is 3.80. The van der Waals surface area contributed by atoms with Crippen LogP contribution in [0.4, 0.5) is 0 Å². The van der Waals surface area contributed by atoms with Gasteiger partial charge in [-0.1, -0.05) is 23.2 Å². The number of ether oxygens (including phenoxy) is 1. The zero-order valence-corrected chi connectivity index (χ0v) is 7.77. The predicted molar refractivity (Wildman–Crippen MR) is 48.8 cm³/mol. The number of pyridine rings is 1. The van der Waals surface area contributed by atoms with E-state index in [0.717, 1.165) is 0 Å². The fraction of sp³-hybridized carbons (Fsp3) is 0.286. The first-order valence-electron chi connectivity index (χ1n) is 3.38. The van der Waals surface area contributed by atoms with Crippen LogP contribution in [-0.2, 0) is 0 Å². The third-order valence-corrected chi connectivity index (χ3v) is 1.84. The molecule has 12 heavy (non-hydrogen) atoms. The van der Waals surface area contributed by atoms with E-state index in [0.29, 0.717) is 23.9 Å². The Labute approximate surface area is 80.4 Å². The molecule has 1 aromatic heterocycles. The largest absolute Gasteiger partial charge is 0.491 e. The third kappa shape index (κ3) is 2.52. The van der Waals surface area contributed by atoms with Crippen LogP contribution in [0.3, 0.4) is 0 Å². The number of aromatic nitrogens is 1. The summed E-state index contributed by atoms with van der Waals surface area (Å²) in [7, 11) is 0. The fourth-order valence-corrected chi connectivity index (χ4v) is 0.919. The molecule has 66 valence electrons. The number of hydrogen-bond acceptors (Lipinski definition) is 3. The van der Waals surface area contributed by atoms with Crippen LogP contribution in [0.15, 0.2) is 12.3 Å². The predicted octanol–water partition coefficient (Wildman–Crippen LogP) is 1.73. The number of nitrogens with zero attached hydrogens (tertiary/aromatic N) is 1. The van der Waals surface area contributed by atoms with Crippen LogP contribution in [-0.4, -0.2) is 18.1 Å². The van der Waals surface area contributed by atoms with Crippen molar-refractivity contribution in [3.05, 3.63) is 22.4 Å². The molecule has 1 heterocycles. The Kier molecular flexibility index (Phi) is 3.59. The zero-order valence-electron chi connectivity index (χ0n) is 6.26. The van der Waals surface area contributed by atoms with Gasteiger partial charge in [-0.2, -0.15) is 0 Å². The highest BCUT2D eigenvalue weighted by Crippen LogP contribution is 2.23. The van der Waals surface area contributed by atoms with E-state index >= 15 is 0 Å². The van der Waals surface area contributed by atoms with E-state index in [1.165, 1.54) is 6.20 Å². The molecule has 2 N–H and O–H groups in total. The van der Waals surface area contributed by atoms with Crippen molar-refractivity contribution in [2.75, 3.05) is 13.2 Å². The maximum absolute atomic E-state index is 5.69. The second kappa shape index (κ2) is 4.50. The van der Waals surface area contributed by atoms with Gasteiger partial charge in [0, 0.05) is 12.6 Å². The highest BCUT2D eigenvalue weighted by Gasteiger charge is 2.00. The minimum Gasteiger partial charge on any atom is -0.491 e. The lowest BCUT2D eigenvalue weighted by Crippen LogP contribution is -2.10. The van der Waals surface area contributed by atoms with Gasteiger partial charge in [0.05, 0.1) is 11.2 Å². The van der Waals surface area contributed by atoms with Gasteiger partial charge in [-0.05, 0) is 0 Å². The summed E-state index contributed by atoms with van der Waals surface area (Å²) in [5.41, 5.74) is 5.24. The molecule has 1 rings (SSSR count). The molecule has 0 spiro atoms. The molecule has 0 bridgehead atoms. The first kappa shape index (κ1) is 9.58. The van der Waals surface area contributed by atoms with Crippen molar-refractivity contribution in [3.63, 3.8) is 0 Å². The van der Waals surface area contributed by atoms with Crippen molar-refractivity contribution in [2.24, 2.45) is 5.73 Å². The van der Waals surface area contributed by atoms with Gasteiger partial charge >= 0.3 is 0 Å². The van der Waals surface area contributed by atoms with Crippen molar-refractivity contribution in [1.29, 1.82) is 0 Å². The number of rotatable bonds is 3. The molecule has 1 aromatic rings. The second-order valence-electron chi connectivity index (χ2n) is 2.08. The molecule has 3 nitrogen and oxygen atoms in total. The van der Waals surface area contributed by atoms with Gasteiger partial charge < -0.3 is 10.5 Å². The third-order valence-electron chi connectivity index (χ3n) is 1.16. The summed E-state index contributed by atoms with van der Waals surface area (Å²) in [6.45, 7) is 0.903. The maximum Gasteiger partial charge on any atom is 0.147 e. The Balaban J connectivity index is 2.69. The number of hydrogen-bond donors (Lipinski definition) is 1. The van der Waals surface area contributed by atoms with Gasteiger partial charge in [0.2, 0.25) is 0 Å². The van der Waals surface area contributed by atoms with Crippen LogP contribution in [0.5, 0.6) is 5.75 Å². The van der Waals surface area contributed by atoms with E-state index < -0.39 is 0 Å². The van der Waals surface area contributed by atoms with E-state index in [1.807, 2.05) is 0 Å². The van der Waals surface area contributed by atoms with Gasteiger partial charge in [-0.15, -0.1) is 0 Å². The minimum atomic E-state index is 0.275. The highest BCUT2D eigenvalue weighted by molar-refractivity contribution is 6.41. The smallest absolute Gasteiger partial charge is 0.147 e. The van der Waals surface area contributed by atoms with Crippen LogP contribution < -0.4 is 10.5 Å². The van der Waals surface area contributed by atoms with E-state index in [2.05, 4.69) is 4.98 Å². The summed E-state index contributed by atoms with van der Waals surface area (Å²) in [5, 5.41) is 0.656. The van der Waals surface area contributed by atoms with Crippen LogP contribution in [0.25, 0.3) is 0 Å². The molecule has 0 radical (unpaired) electrons. The topological polar surface area (TPSA) is 48.1 Å².